The number of hydrogen-bond acceptors (Lipinski definition) is 3. The van der Waals surface area contributed by atoms with Crippen LogP contribution < -0.4 is 5.32 Å². The van der Waals surface area contributed by atoms with E-state index in [2.05, 4.69) is 10.4 Å². The van der Waals surface area contributed by atoms with Gasteiger partial charge in [-0.1, -0.05) is 44.2 Å². The minimum Gasteiger partial charge on any atom is -0.479 e. The van der Waals surface area contributed by atoms with Crippen LogP contribution in [0, 0.1) is 0 Å². The lowest BCUT2D eigenvalue weighted by Gasteiger charge is -2.24. The molecular formula is C18H23N3O3. The van der Waals surface area contributed by atoms with E-state index in [0.717, 1.165) is 5.56 Å². The lowest BCUT2D eigenvalue weighted by molar-refractivity contribution is -0.146. The van der Waals surface area contributed by atoms with E-state index in [0.29, 0.717) is 12.1 Å². The summed E-state index contributed by atoms with van der Waals surface area (Å²) in [5.41, 5.74) is 0.0922. The van der Waals surface area contributed by atoms with Gasteiger partial charge in [-0.3, -0.25) is 9.48 Å². The van der Waals surface area contributed by atoms with Crippen molar-refractivity contribution in [2.24, 2.45) is 0 Å². The maximum absolute atomic E-state index is 12.3. The van der Waals surface area contributed by atoms with E-state index in [1.165, 1.54) is 17.1 Å². The molecule has 2 N–H and O–H groups in total. The molecule has 128 valence electrons. The van der Waals surface area contributed by atoms with E-state index in [1.807, 2.05) is 44.2 Å². The molecule has 6 nitrogen and oxygen atoms in total. The van der Waals surface area contributed by atoms with Crippen LogP contribution >= 0.6 is 0 Å². The number of hydrogen-bond donors (Lipinski definition) is 2. The first kappa shape index (κ1) is 17.7. The number of aromatic nitrogens is 2. The molecule has 0 spiro atoms. The van der Waals surface area contributed by atoms with Crippen LogP contribution in [0.5, 0.6) is 0 Å². The highest BCUT2D eigenvalue weighted by molar-refractivity contribution is 5.91. The quantitative estimate of drug-likeness (QED) is 0.853. The number of benzene rings is 1. The van der Waals surface area contributed by atoms with Gasteiger partial charge in [0, 0.05) is 12.6 Å². The van der Waals surface area contributed by atoms with Gasteiger partial charge >= 0.3 is 5.97 Å². The molecule has 1 heterocycles. The van der Waals surface area contributed by atoms with E-state index in [4.69, 9.17) is 0 Å². The Bertz CT molecular complexity index is 733. The van der Waals surface area contributed by atoms with Crippen LogP contribution in [0.3, 0.4) is 0 Å². The number of carboxylic acids is 1. The Hall–Kier alpha value is -2.63. The third-order valence-corrected chi connectivity index (χ3v) is 4.12. The summed E-state index contributed by atoms with van der Waals surface area (Å²) in [7, 11) is 0. The van der Waals surface area contributed by atoms with Gasteiger partial charge in [0.1, 0.15) is 0 Å². The fraction of sp³-hybridized carbons (Fsp3) is 0.389. The number of nitrogens with one attached hydrogen (secondary N) is 1. The molecule has 0 saturated carbocycles. The van der Waals surface area contributed by atoms with Crippen molar-refractivity contribution >= 4 is 17.6 Å². The summed E-state index contributed by atoms with van der Waals surface area (Å²) >= 11 is 0. The molecule has 0 radical (unpaired) electrons. The number of carboxylic acid groups (broad SMARTS) is 1. The Kier molecular flexibility index (Phi) is 4.78. The van der Waals surface area contributed by atoms with E-state index in [-0.39, 0.29) is 11.3 Å². The Morgan fingerprint density at radius 3 is 2.38 bits per heavy atom. The summed E-state index contributed by atoms with van der Waals surface area (Å²) in [5.74, 6) is -1.13. The molecule has 2 rings (SSSR count). The fourth-order valence-electron chi connectivity index (χ4n) is 2.39. The number of aliphatic carboxylic acids is 1. The van der Waals surface area contributed by atoms with Crippen molar-refractivity contribution in [2.75, 3.05) is 5.32 Å². The van der Waals surface area contributed by atoms with Crippen molar-refractivity contribution in [2.45, 2.75) is 45.1 Å². The number of anilines is 1. The number of carbonyl (C=O) groups excluding carboxylic acids is 1. The van der Waals surface area contributed by atoms with Crippen molar-refractivity contribution in [1.82, 2.24) is 9.78 Å². The van der Waals surface area contributed by atoms with Crippen LogP contribution in [-0.4, -0.2) is 26.8 Å². The van der Waals surface area contributed by atoms with Gasteiger partial charge in [0.25, 0.3) is 0 Å². The first-order valence-electron chi connectivity index (χ1n) is 7.77. The first-order chi connectivity index (χ1) is 11.1. The third-order valence-electron chi connectivity index (χ3n) is 4.12. The van der Waals surface area contributed by atoms with Crippen LogP contribution in [0.4, 0.5) is 5.69 Å². The Morgan fingerprint density at radius 1 is 1.17 bits per heavy atom. The normalized spacial score (nSPS) is 12.0. The molecule has 0 saturated heterocycles. The summed E-state index contributed by atoms with van der Waals surface area (Å²) in [4.78, 5) is 23.6. The second kappa shape index (κ2) is 6.47. The minimum absolute atomic E-state index is 0.142. The molecule has 1 aromatic carbocycles. The summed E-state index contributed by atoms with van der Waals surface area (Å²) in [5, 5.41) is 16.0. The standard InChI is InChI=1S/C18H23N3O3/c1-17(2,13-8-6-5-7-9-13)10-15(22)20-14-11-19-21(12-14)18(3,4)16(23)24/h5-9,11-12H,10H2,1-4H3,(H,20,22)(H,23,24). The summed E-state index contributed by atoms with van der Waals surface area (Å²) in [6.45, 7) is 7.12. The Morgan fingerprint density at radius 2 is 1.79 bits per heavy atom. The Balaban J connectivity index is 2.06. The van der Waals surface area contributed by atoms with Gasteiger partial charge in [-0.15, -0.1) is 0 Å². The average Bonchev–Trinajstić information content (AvgIpc) is 2.96. The summed E-state index contributed by atoms with van der Waals surface area (Å²) in [6, 6.07) is 9.85. The number of rotatable bonds is 6. The maximum atomic E-state index is 12.3. The monoisotopic (exact) mass is 329 g/mol. The predicted molar refractivity (Wildman–Crippen MR) is 91.9 cm³/mol. The second-order valence-electron chi connectivity index (χ2n) is 7.01. The highest BCUT2D eigenvalue weighted by atomic mass is 16.4. The molecule has 24 heavy (non-hydrogen) atoms. The van der Waals surface area contributed by atoms with Crippen LogP contribution in [0.2, 0.25) is 0 Å². The van der Waals surface area contributed by atoms with E-state index < -0.39 is 11.5 Å². The van der Waals surface area contributed by atoms with Crippen molar-refractivity contribution in [1.29, 1.82) is 0 Å². The smallest absolute Gasteiger partial charge is 0.331 e. The molecule has 0 atom stereocenters. The second-order valence-corrected chi connectivity index (χ2v) is 7.01. The molecule has 0 aliphatic rings. The predicted octanol–water partition coefficient (Wildman–Crippen LogP) is 3.01. The number of amides is 1. The molecule has 0 aliphatic carbocycles. The molecule has 0 unspecified atom stereocenters. The van der Waals surface area contributed by atoms with Gasteiger partial charge in [0.05, 0.1) is 11.9 Å². The molecule has 1 amide bonds. The lowest BCUT2D eigenvalue weighted by Crippen LogP contribution is -2.35. The fourth-order valence-corrected chi connectivity index (χ4v) is 2.39. The van der Waals surface area contributed by atoms with E-state index >= 15 is 0 Å². The molecule has 2 aromatic rings. The molecule has 6 heteroatoms. The van der Waals surface area contributed by atoms with Gasteiger partial charge in [0.15, 0.2) is 5.54 Å². The van der Waals surface area contributed by atoms with Crippen molar-refractivity contribution in [3.63, 3.8) is 0 Å². The summed E-state index contributed by atoms with van der Waals surface area (Å²) < 4.78 is 1.33. The van der Waals surface area contributed by atoms with Gasteiger partial charge in [-0.2, -0.15) is 5.10 Å². The SMILES string of the molecule is CC(C)(CC(=O)Nc1cnn(C(C)(C)C(=O)O)c1)c1ccccc1. The zero-order chi connectivity index (χ0) is 18.0. The Labute approximate surface area is 141 Å². The first-order valence-corrected chi connectivity index (χ1v) is 7.77. The molecular weight excluding hydrogens is 306 g/mol. The third kappa shape index (κ3) is 3.82. The highest BCUT2D eigenvalue weighted by Crippen LogP contribution is 2.27. The van der Waals surface area contributed by atoms with E-state index in [9.17, 15) is 14.7 Å². The van der Waals surface area contributed by atoms with Crippen molar-refractivity contribution in [3.8, 4) is 0 Å². The van der Waals surface area contributed by atoms with Crippen LogP contribution in [0.25, 0.3) is 0 Å². The van der Waals surface area contributed by atoms with Gasteiger partial charge in [0.2, 0.25) is 5.91 Å². The minimum atomic E-state index is -1.17. The molecule has 0 aliphatic heterocycles. The lowest BCUT2D eigenvalue weighted by atomic mass is 9.81. The van der Waals surface area contributed by atoms with Crippen molar-refractivity contribution in [3.05, 3.63) is 48.3 Å². The number of carbonyl (C=O) groups is 2. The van der Waals surface area contributed by atoms with Crippen LogP contribution in [-0.2, 0) is 20.5 Å². The zero-order valence-corrected chi connectivity index (χ0v) is 14.4. The van der Waals surface area contributed by atoms with Gasteiger partial charge < -0.3 is 10.4 Å². The highest BCUT2D eigenvalue weighted by Gasteiger charge is 2.30. The topological polar surface area (TPSA) is 84.2 Å². The van der Waals surface area contributed by atoms with Crippen LogP contribution in [0.1, 0.15) is 39.7 Å². The van der Waals surface area contributed by atoms with Gasteiger partial charge in [-0.25, -0.2) is 4.79 Å². The number of nitrogens with zero attached hydrogens (tertiary/aromatic N) is 2. The zero-order valence-electron chi connectivity index (χ0n) is 14.4. The van der Waals surface area contributed by atoms with Crippen molar-refractivity contribution < 1.29 is 14.7 Å². The molecule has 0 fully saturated rings. The van der Waals surface area contributed by atoms with Crippen LogP contribution in [0.15, 0.2) is 42.7 Å². The average molecular weight is 329 g/mol. The largest absolute Gasteiger partial charge is 0.479 e. The maximum Gasteiger partial charge on any atom is 0.331 e. The molecule has 0 bridgehead atoms. The molecule has 1 aromatic heterocycles. The van der Waals surface area contributed by atoms with Gasteiger partial charge in [-0.05, 0) is 24.8 Å². The summed E-state index contributed by atoms with van der Waals surface area (Å²) in [6.07, 6.45) is 3.30. The van der Waals surface area contributed by atoms with E-state index in [1.54, 1.807) is 13.8 Å².